The van der Waals surface area contributed by atoms with E-state index in [1.54, 1.807) is 0 Å². The minimum absolute atomic E-state index is 0.432. The van der Waals surface area contributed by atoms with Crippen molar-refractivity contribution in [2.75, 3.05) is 20.3 Å². The fourth-order valence-electron chi connectivity index (χ4n) is 1.65. The number of ether oxygens (including phenoxy) is 1. The quantitative estimate of drug-likeness (QED) is 0.730. The summed E-state index contributed by atoms with van der Waals surface area (Å²) in [5.41, 5.74) is 0. The van der Waals surface area contributed by atoms with E-state index in [9.17, 15) is 13.2 Å². The highest BCUT2D eigenvalue weighted by atomic mass is 32.2. The Kier molecular flexibility index (Phi) is 4.10. The van der Waals surface area contributed by atoms with Gasteiger partial charge in [0.2, 0.25) is 5.91 Å². The molecule has 0 radical (unpaired) electrons. The Morgan fingerprint density at radius 2 is 1.93 bits per heavy atom. The third-order valence-corrected chi connectivity index (χ3v) is 5.34. The van der Waals surface area contributed by atoms with Gasteiger partial charge in [0, 0.05) is 20.3 Å². The Balaban J connectivity index is 2.76. The fraction of sp³-hybridized carbons (Fsp3) is 0.889. The Hall–Kier alpha value is -0.620. The molecule has 1 N–H and O–H groups in total. The first kappa shape index (κ1) is 12.4. The molecule has 88 valence electrons. The molecule has 6 heteroatoms. The summed E-state index contributed by atoms with van der Waals surface area (Å²) in [6.45, 7) is 2.36. The highest BCUT2D eigenvalue weighted by molar-refractivity contribution is 7.93. The SMILES string of the molecule is CNC(=O)C(C)S(=O)(=O)C1CCOCC1. The standard InChI is InChI=1S/C9H17NO4S/c1-7(9(11)10-2)15(12,13)8-3-5-14-6-4-8/h7-8H,3-6H2,1-2H3,(H,10,11). The van der Waals surface area contributed by atoms with Crippen LogP contribution in [0.15, 0.2) is 0 Å². The molecular weight excluding hydrogens is 218 g/mol. The molecule has 1 fully saturated rings. The van der Waals surface area contributed by atoms with E-state index in [4.69, 9.17) is 4.74 Å². The van der Waals surface area contributed by atoms with Crippen LogP contribution in [0.25, 0.3) is 0 Å². The number of sulfone groups is 1. The van der Waals surface area contributed by atoms with E-state index >= 15 is 0 Å². The van der Waals surface area contributed by atoms with Gasteiger partial charge in [-0.3, -0.25) is 4.79 Å². The molecule has 5 nitrogen and oxygen atoms in total. The third-order valence-electron chi connectivity index (χ3n) is 2.74. The number of nitrogens with one attached hydrogen (secondary N) is 1. The van der Waals surface area contributed by atoms with Gasteiger partial charge in [-0.1, -0.05) is 0 Å². The Morgan fingerprint density at radius 3 is 2.40 bits per heavy atom. The van der Waals surface area contributed by atoms with Crippen LogP contribution in [-0.4, -0.2) is 45.1 Å². The van der Waals surface area contributed by atoms with Gasteiger partial charge in [0.1, 0.15) is 5.25 Å². The van der Waals surface area contributed by atoms with Crippen molar-refractivity contribution in [3.63, 3.8) is 0 Å². The van der Waals surface area contributed by atoms with Gasteiger partial charge < -0.3 is 10.1 Å². The second-order valence-electron chi connectivity index (χ2n) is 3.66. The highest BCUT2D eigenvalue weighted by Crippen LogP contribution is 2.20. The van der Waals surface area contributed by atoms with Crippen molar-refractivity contribution in [1.82, 2.24) is 5.32 Å². The van der Waals surface area contributed by atoms with Crippen LogP contribution in [0, 0.1) is 0 Å². The molecule has 1 rings (SSSR count). The summed E-state index contributed by atoms with van der Waals surface area (Å²) < 4.78 is 29.0. The van der Waals surface area contributed by atoms with Crippen molar-refractivity contribution in [2.45, 2.75) is 30.3 Å². The molecule has 0 aromatic carbocycles. The van der Waals surface area contributed by atoms with Crippen LogP contribution in [0.5, 0.6) is 0 Å². The first-order chi connectivity index (χ1) is 7.00. The maximum atomic E-state index is 12.0. The van der Waals surface area contributed by atoms with Gasteiger partial charge in [-0.25, -0.2) is 8.42 Å². The van der Waals surface area contributed by atoms with E-state index in [1.165, 1.54) is 14.0 Å². The summed E-state index contributed by atoms with van der Waals surface area (Å²) in [5.74, 6) is -0.443. The summed E-state index contributed by atoms with van der Waals surface area (Å²) in [5, 5.41) is 0.962. The van der Waals surface area contributed by atoms with Crippen molar-refractivity contribution < 1.29 is 17.9 Å². The average Bonchev–Trinajstić information content (AvgIpc) is 2.28. The molecule has 1 amide bonds. The Labute approximate surface area is 90.1 Å². The van der Waals surface area contributed by atoms with Crippen LogP contribution in [0.4, 0.5) is 0 Å². The lowest BCUT2D eigenvalue weighted by Crippen LogP contribution is -2.42. The predicted octanol–water partition coefficient (Wildman–Crippen LogP) is -0.285. The molecule has 0 bridgehead atoms. The van der Waals surface area contributed by atoms with Gasteiger partial charge in [-0.15, -0.1) is 0 Å². The zero-order valence-corrected chi connectivity index (χ0v) is 9.84. The van der Waals surface area contributed by atoms with Crippen LogP contribution in [0.3, 0.4) is 0 Å². The number of carbonyl (C=O) groups excluding carboxylic acids is 1. The highest BCUT2D eigenvalue weighted by Gasteiger charge is 2.35. The first-order valence-electron chi connectivity index (χ1n) is 5.02. The van der Waals surface area contributed by atoms with Crippen molar-refractivity contribution in [2.24, 2.45) is 0 Å². The van der Waals surface area contributed by atoms with E-state index < -0.39 is 26.2 Å². The predicted molar refractivity (Wildman–Crippen MR) is 56.3 cm³/mol. The fourth-order valence-corrected chi connectivity index (χ4v) is 3.49. The molecule has 0 aromatic rings. The molecule has 1 aliphatic rings. The minimum atomic E-state index is -3.37. The largest absolute Gasteiger partial charge is 0.381 e. The van der Waals surface area contributed by atoms with Gasteiger partial charge in [-0.05, 0) is 19.8 Å². The van der Waals surface area contributed by atoms with Crippen LogP contribution in [-0.2, 0) is 19.4 Å². The molecule has 0 spiro atoms. The van der Waals surface area contributed by atoms with Gasteiger partial charge in [0.15, 0.2) is 9.84 Å². The zero-order valence-electron chi connectivity index (χ0n) is 9.02. The van der Waals surface area contributed by atoms with Crippen LogP contribution in [0.1, 0.15) is 19.8 Å². The summed E-state index contributed by atoms with van der Waals surface area (Å²) in [6.07, 6.45) is 0.979. The Morgan fingerprint density at radius 1 is 1.40 bits per heavy atom. The van der Waals surface area contributed by atoms with E-state index in [-0.39, 0.29) is 0 Å². The molecule has 1 aliphatic heterocycles. The van der Waals surface area contributed by atoms with E-state index in [1.807, 2.05) is 0 Å². The lowest BCUT2D eigenvalue weighted by Gasteiger charge is -2.24. The third kappa shape index (κ3) is 2.69. The molecule has 1 atom stereocenters. The number of hydrogen-bond donors (Lipinski definition) is 1. The second kappa shape index (κ2) is 4.94. The molecule has 0 aromatic heterocycles. The minimum Gasteiger partial charge on any atom is -0.381 e. The van der Waals surface area contributed by atoms with E-state index in [0.29, 0.717) is 26.1 Å². The zero-order chi connectivity index (χ0) is 11.5. The summed E-state index contributed by atoms with van der Waals surface area (Å²) in [6, 6.07) is 0. The van der Waals surface area contributed by atoms with Crippen LogP contribution in [0.2, 0.25) is 0 Å². The normalized spacial score (nSPS) is 20.9. The smallest absolute Gasteiger partial charge is 0.237 e. The second-order valence-corrected chi connectivity index (χ2v) is 6.21. The summed E-state index contributed by atoms with van der Waals surface area (Å²) >= 11 is 0. The van der Waals surface area contributed by atoms with E-state index in [2.05, 4.69) is 5.32 Å². The molecule has 1 unspecified atom stereocenters. The van der Waals surface area contributed by atoms with Crippen LogP contribution >= 0.6 is 0 Å². The molecule has 0 aliphatic carbocycles. The van der Waals surface area contributed by atoms with Crippen molar-refractivity contribution in [3.05, 3.63) is 0 Å². The summed E-state index contributed by atoms with van der Waals surface area (Å²) in [4.78, 5) is 11.3. The van der Waals surface area contributed by atoms with Crippen molar-refractivity contribution >= 4 is 15.7 Å². The van der Waals surface area contributed by atoms with E-state index in [0.717, 1.165) is 0 Å². The van der Waals surface area contributed by atoms with Crippen molar-refractivity contribution in [3.8, 4) is 0 Å². The summed E-state index contributed by atoms with van der Waals surface area (Å²) in [7, 11) is -1.92. The molecule has 0 saturated carbocycles. The van der Waals surface area contributed by atoms with Gasteiger partial charge >= 0.3 is 0 Å². The van der Waals surface area contributed by atoms with Crippen LogP contribution < -0.4 is 5.32 Å². The monoisotopic (exact) mass is 235 g/mol. The van der Waals surface area contributed by atoms with Crippen molar-refractivity contribution in [1.29, 1.82) is 0 Å². The topological polar surface area (TPSA) is 72.5 Å². The number of amides is 1. The first-order valence-corrected chi connectivity index (χ1v) is 6.63. The Bertz CT molecular complexity index is 319. The average molecular weight is 235 g/mol. The maximum Gasteiger partial charge on any atom is 0.237 e. The maximum absolute atomic E-state index is 12.0. The number of rotatable bonds is 3. The molecule has 15 heavy (non-hydrogen) atoms. The number of carbonyl (C=O) groups is 1. The molecular formula is C9H17NO4S. The van der Waals surface area contributed by atoms with Gasteiger partial charge in [-0.2, -0.15) is 0 Å². The lowest BCUT2D eigenvalue weighted by molar-refractivity contribution is -0.119. The molecule has 1 saturated heterocycles. The number of hydrogen-bond acceptors (Lipinski definition) is 4. The molecule has 1 heterocycles. The van der Waals surface area contributed by atoms with Gasteiger partial charge in [0.05, 0.1) is 5.25 Å². The lowest BCUT2D eigenvalue weighted by atomic mass is 10.2. The van der Waals surface area contributed by atoms with Gasteiger partial charge in [0.25, 0.3) is 0 Å².